The lowest BCUT2D eigenvalue weighted by Crippen LogP contribution is -2.30. The number of aliphatic hydroxyl groups is 1. The molecule has 0 spiro atoms. The van der Waals surface area contributed by atoms with Crippen molar-refractivity contribution in [2.24, 2.45) is 5.41 Å². The summed E-state index contributed by atoms with van der Waals surface area (Å²) in [5.41, 5.74) is 3.75. The summed E-state index contributed by atoms with van der Waals surface area (Å²) in [6.07, 6.45) is 2.16. The molecule has 4 rings (SSSR count). The average molecular weight is 420 g/mol. The van der Waals surface area contributed by atoms with Gasteiger partial charge in [0.15, 0.2) is 5.78 Å². The van der Waals surface area contributed by atoms with E-state index < -0.39 is 5.41 Å². The van der Waals surface area contributed by atoms with Crippen LogP contribution in [0.1, 0.15) is 50.3 Å². The standard InChI is InChI=1S/C25H22ClNO3/c1-4-15-5-7-17(30-18-8-6-16(13-27)21(26)12-18)11-20(15)22-23(28)19-9-10-25(3,14(19)2)24(22)29/h5-8,11-12,28H,4,9-10H2,1-3H3/t25-/m0/s1. The maximum absolute atomic E-state index is 13.4. The summed E-state index contributed by atoms with van der Waals surface area (Å²) in [5, 5.41) is 20.3. The van der Waals surface area contributed by atoms with E-state index in [-0.39, 0.29) is 11.5 Å². The number of hydrogen-bond acceptors (Lipinski definition) is 4. The Bertz CT molecular complexity index is 1190. The van der Waals surface area contributed by atoms with E-state index in [1.165, 1.54) is 0 Å². The van der Waals surface area contributed by atoms with Gasteiger partial charge in [-0.3, -0.25) is 4.79 Å². The molecular formula is C25H22ClNO3. The molecule has 1 N–H and O–H groups in total. The highest BCUT2D eigenvalue weighted by Gasteiger charge is 2.48. The van der Waals surface area contributed by atoms with Gasteiger partial charge in [0.25, 0.3) is 0 Å². The fourth-order valence-corrected chi connectivity index (χ4v) is 4.61. The molecule has 2 aliphatic rings. The number of nitrogens with zero attached hydrogens (tertiary/aromatic N) is 1. The first-order chi connectivity index (χ1) is 14.3. The molecule has 5 heteroatoms. The minimum absolute atomic E-state index is 0.0352. The molecule has 30 heavy (non-hydrogen) atoms. The molecule has 0 heterocycles. The fraction of sp³-hybridized carbons (Fsp3) is 0.280. The van der Waals surface area contributed by atoms with Gasteiger partial charge in [-0.15, -0.1) is 0 Å². The van der Waals surface area contributed by atoms with E-state index in [1.54, 1.807) is 24.3 Å². The molecule has 0 fully saturated rings. The van der Waals surface area contributed by atoms with Crippen molar-refractivity contribution in [2.75, 3.05) is 0 Å². The topological polar surface area (TPSA) is 70.3 Å². The number of ether oxygens (including phenoxy) is 1. The SMILES string of the molecule is CCc1ccc(Oc2ccc(C#N)c(Cl)c2)cc1C1=C(O)C2=C(C)[C@](C)(CC2)C1=O. The second-order valence-electron chi connectivity index (χ2n) is 8.02. The average Bonchev–Trinajstić information content (AvgIpc) is 2.99. The number of benzene rings is 2. The number of halogens is 1. The van der Waals surface area contributed by atoms with Crippen molar-refractivity contribution in [3.63, 3.8) is 0 Å². The van der Waals surface area contributed by atoms with Crippen LogP contribution in [-0.4, -0.2) is 10.9 Å². The molecule has 2 bridgehead atoms. The first-order valence-electron chi connectivity index (χ1n) is 9.99. The predicted octanol–water partition coefficient (Wildman–Crippen LogP) is 6.53. The van der Waals surface area contributed by atoms with Crippen LogP contribution in [0.3, 0.4) is 0 Å². The summed E-state index contributed by atoms with van der Waals surface area (Å²) >= 11 is 6.11. The summed E-state index contributed by atoms with van der Waals surface area (Å²) in [6.45, 7) is 5.93. The Morgan fingerprint density at radius 3 is 2.60 bits per heavy atom. The monoisotopic (exact) mass is 419 g/mol. The lowest BCUT2D eigenvalue weighted by Gasteiger charge is -2.30. The highest BCUT2D eigenvalue weighted by molar-refractivity contribution is 6.31. The summed E-state index contributed by atoms with van der Waals surface area (Å²) in [6, 6.07) is 12.4. The quantitative estimate of drug-likeness (QED) is 0.611. The molecule has 0 aliphatic heterocycles. The molecular weight excluding hydrogens is 398 g/mol. The van der Waals surface area contributed by atoms with Gasteiger partial charge in [0, 0.05) is 6.07 Å². The van der Waals surface area contributed by atoms with Gasteiger partial charge in [0.1, 0.15) is 23.3 Å². The Labute approximate surface area is 181 Å². The second kappa shape index (κ2) is 7.34. The maximum Gasteiger partial charge on any atom is 0.177 e. The molecule has 2 aromatic rings. The molecule has 4 nitrogen and oxygen atoms in total. The highest BCUT2D eigenvalue weighted by Crippen LogP contribution is 2.53. The lowest BCUT2D eigenvalue weighted by molar-refractivity contribution is -0.120. The van der Waals surface area contributed by atoms with E-state index in [9.17, 15) is 9.90 Å². The van der Waals surface area contributed by atoms with Crippen molar-refractivity contribution in [1.82, 2.24) is 0 Å². The second-order valence-corrected chi connectivity index (χ2v) is 8.42. The van der Waals surface area contributed by atoms with Gasteiger partial charge in [-0.25, -0.2) is 0 Å². The minimum atomic E-state index is -0.556. The Morgan fingerprint density at radius 2 is 1.93 bits per heavy atom. The Hall–Kier alpha value is -3.03. The van der Waals surface area contributed by atoms with Crippen LogP contribution < -0.4 is 4.74 Å². The van der Waals surface area contributed by atoms with E-state index >= 15 is 0 Å². The van der Waals surface area contributed by atoms with Crippen LogP contribution in [0.5, 0.6) is 11.5 Å². The molecule has 0 saturated carbocycles. The third-order valence-corrected chi connectivity index (χ3v) is 6.75. The molecule has 2 aromatic carbocycles. The number of carbonyl (C=O) groups is 1. The summed E-state index contributed by atoms with van der Waals surface area (Å²) in [7, 11) is 0. The largest absolute Gasteiger partial charge is 0.507 e. The number of Topliss-reactive ketones (excluding diaryl/α,β-unsaturated/α-hetero) is 1. The Balaban J connectivity index is 1.79. The molecule has 0 unspecified atom stereocenters. The smallest absolute Gasteiger partial charge is 0.177 e. The van der Waals surface area contributed by atoms with Crippen molar-refractivity contribution in [3.8, 4) is 17.6 Å². The number of hydrogen-bond donors (Lipinski definition) is 1. The summed E-state index contributed by atoms with van der Waals surface area (Å²) < 4.78 is 5.95. The van der Waals surface area contributed by atoms with Crippen LogP contribution in [0.4, 0.5) is 0 Å². The van der Waals surface area contributed by atoms with Crippen molar-refractivity contribution >= 4 is 23.0 Å². The zero-order valence-corrected chi connectivity index (χ0v) is 17.9. The molecule has 1 atom stereocenters. The van der Waals surface area contributed by atoms with E-state index in [0.29, 0.717) is 39.6 Å². The first kappa shape index (κ1) is 20.3. The van der Waals surface area contributed by atoms with Crippen molar-refractivity contribution in [1.29, 1.82) is 5.26 Å². The van der Waals surface area contributed by atoms with E-state index in [0.717, 1.165) is 29.6 Å². The van der Waals surface area contributed by atoms with Gasteiger partial charge in [0.05, 0.1) is 21.6 Å². The van der Waals surface area contributed by atoms with Gasteiger partial charge < -0.3 is 9.84 Å². The van der Waals surface area contributed by atoms with E-state index in [2.05, 4.69) is 0 Å². The summed E-state index contributed by atoms with van der Waals surface area (Å²) in [5.74, 6) is 1.09. The molecule has 0 radical (unpaired) electrons. The third kappa shape index (κ3) is 3.02. The van der Waals surface area contributed by atoms with Crippen molar-refractivity contribution in [3.05, 3.63) is 75.0 Å². The van der Waals surface area contributed by atoms with Crippen LogP contribution in [0, 0.1) is 16.7 Å². The van der Waals surface area contributed by atoms with Gasteiger partial charge in [-0.1, -0.05) is 30.2 Å². The molecule has 0 aromatic heterocycles. The van der Waals surface area contributed by atoms with Crippen molar-refractivity contribution in [2.45, 2.75) is 40.0 Å². The lowest BCUT2D eigenvalue weighted by atomic mass is 9.72. The van der Waals surface area contributed by atoms with Crippen LogP contribution in [0.2, 0.25) is 5.02 Å². The normalized spacial score (nSPS) is 20.6. The van der Waals surface area contributed by atoms with Crippen LogP contribution in [0.25, 0.3) is 5.57 Å². The first-order valence-corrected chi connectivity index (χ1v) is 10.4. The van der Waals surface area contributed by atoms with Crippen LogP contribution in [0.15, 0.2) is 53.3 Å². The van der Waals surface area contributed by atoms with Crippen LogP contribution in [-0.2, 0) is 11.2 Å². The number of carbonyl (C=O) groups excluding carboxylic acids is 1. The minimum Gasteiger partial charge on any atom is -0.507 e. The van der Waals surface area contributed by atoms with E-state index in [4.69, 9.17) is 21.6 Å². The number of nitriles is 1. The zero-order valence-electron chi connectivity index (χ0n) is 17.2. The Morgan fingerprint density at radius 1 is 1.23 bits per heavy atom. The number of ketones is 1. The number of aliphatic hydroxyl groups excluding tert-OH is 1. The van der Waals surface area contributed by atoms with Crippen molar-refractivity contribution < 1.29 is 14.6 Å². The zero-order chi connectivity index (χ0) is 21.6. The molecule has 0 saturated heterocycles. The van der Waals surface area contributed by atoms with Gasteiger partial charge >= 0.3 is 0 Å². The number of allylic oxidation sites excluding steroid dienone is 3. The van der Waals surface area contributed by atoms with Gasteiger partial charge in [0.2, 0.25) is 0 Å². The maximum atomic E-state index is 13.4. The third-order valence-electron chi connectivity index (χ3n) is 6.43. The molecule has 152 valence electrons. The fourth-order valence-electron chi connectivity index (χ4n) is 4.39. The predicted molar refractivity (Wildman–Crippen MR) is 117 cm³/mol. The van der Waals surface area contributed by atoms with Gasteiger partial charge in [-0.2, -0.15) is 5.26 Å². The van der Waals surface area contributed by atoms with Gasteiger partial charge in [-0.05, 0) is 74.1 Å². The molecule has 0 amide bonds. The summed E-state index contributed by atoms with van der Waals surface area (Å²) in [4.78, 5) is 13.4. The number of aryl methyl sites for hydroxylation is 1. The van der Waals surface area contributed by atoms with E-state index in [1.807, 2.05) is 39.0 Å². The number of fused-ring (bicyclic) bond motifs is 1. The highest BCUT2D eigenvalue weighted by atomic mass is 35.5. The Kier molecular flexibility index (Phi) is 4.95. The molecule has 2 aliphatic carbocycles. The number of rotatable bonds is 4. The van der Waals surface area contributed by atoms with Crippen LogP contribution >= 0.6 is 11.6 Å².